The molecule has 0 unspecified atom stereocenters. The molecular weight excluding hydrogens is 390 g/mol. The SMILES string of the molecule is CC(C)N1C(=O)N(CCc2ccccc2)C2(CCN(Cc3ccc(O)cc3)CC2)C1=O. The molecule has 3 amide bonds. The van der Waals surface area contributed by atoms with E-state index >= 15 is 0 Å². The summed E-state index contributed by atoms with van der Waals surface area (Å²) in [5.41, 5.74) is 1.57. The zero-order valence-electron chi connectivity index (χ0n) is 18.3. The molecule has 2 fully saturated rings. The first-order valence-corrected chi connectivity index (χ1v) is 11.1. The van der Waals surface area contributed by atoms with E-state index in [0.717, 1.165) is 31.6 Å². The van der Waals surface area contributed by atoms with E-state index in [0.29, 0.717) is 19.4 Å². The molecule has 2 aliphatic heterocycles. The van der Waals surface area contributed by atoms with E-state index in [9.17, 15) is 14.7 Å². The Labute approximate surface area is 184 Å². The van der Waals surface area contributed by atoms with E-state index in [1.165, 1.54) is 10.5 Å². The fraction of sp³-hybridized carbons (Fsp3) is 0.440. The van der Waals surface area contributed by atoms with Crippen LogP contribution in [0.2, 0.25) is 0 Å². The molecule has 2 aromatic rings. The van der Waals surface area contributed by atoms with Crippen molar-refractivity contribution in [1.82, 2.24) is 14.7 Å². The van der Waals surface area contributed by atoms with Crippen LogP contribution in [-0.2, 0) is 17.8 Å². The van der Waals surface area contributed by atoms with Crippen LogP contribution in [-0.4, -0.2) is 63.0 Å². The molecule has 0 aromatic heterocycles. The van der Waals surface area contributed by atoms with Crippen LogP contribution >= 0.6 is 0 Å². The first-order valence-electron chi connectivity index (χ1n) is 11.1. The molecule has 6 nitrogen and oxygen atoms in total. The normalized spacial score (nSPS) is 19.1. The predicted molar refractivity (Wildman–Crippen MR) is 120 cm³/mol. The quantitative estimate of drug-likeness (QED) is 0.724. The van der Waals surface area contributed by atoms with Crippen molar-refractivity contribution < 1.29 is 14.7 Å². The van der Waals surface area contributed by atoms with Crippen LogP contribution in [0.25, 0.3) is 0 Å². The summed E-state index contributed by atoms with van der Waals surface area (Å²) in [4.78, 5) is 32.4. The fourth-order valence-electron chi connectivity index (χ4n) is 4.81. The van der Waals surface area contributed by atoms with Gasteiger partial charge in [0.25, 0.3) is 5.91 Å². The van der Waals surface area contributed by atoms with Crippen LogP contribution in [0.15, 0.2) is 54.6 Å². The van der Waals surface area contributed by atoms with Gasteiger partial charge in [-0.15, -0.1) is 0 Å². The highest BCUT2D eigenvalue weighted by Crippen LogP contribution is 2.38. The Balaban J connectivity index is 1.49. The molecule has 1 N–H and O–H groups in total. The summed E-state index contributed by atoms with van der Waals surface area (Å²) in [6.45, 7) is 6.65. The number of phenols is 1. The van der Waals surface area contributed by atoms with Crippen molar-refractivity contribution in [3.05, 3.63) is 65.7 Å². The van der Waals surface area contributed by atoms with Gasteiger partial charge in [0.15, 0.2) is 0 Å². The highest BCUT2D eigenvalue weighted by Gasteiger charge is 2.58. The van der Waals surface area contributed by atoms with E-state index in [2.05, 4.69) is 17.0 Å². The molecule has 1 spiro atoms. The number of benzene rings is 2. The second kappa shape index (κ2) is 8.71. The number of carbonyl (C=O) groups excluding carboxylic acids is 2. The van der Waals surface area contributed by atoms with Gasteiger partial charge in [-0.25, -0.2) is 4.79 Å². The van der Waals surface area contributed by atoms with Gasteiger partial charge in [-0.2, -0.15) is 0 Å². The van der Waals surface area contributed by atoms with Crippen LogP contribution < -0.4 is 0 Å². The average Bonchev–Trinajstić information content (AvgIpc) is 2.96. The maximum absolute atomic E-state index is 13.5. The van der Waals surface area contributed by atoms with E-state index < -0.39 is 5.54 Å². The summed E-state index contributed by atoms with van der Waals surface area (Å²) in [6, 6.07) is 17.1. The summed E-state index contributed by atoms with van der Waals surface area (Å²) in [5, 5.41) is 9.49. The summed E-state index contributed by atoms with van der Waals surface area (Å²) in [5.74, 6) is 0.226. The van der Waals surface area contributed by atoms with Crippen molar-refractivity contribution in [2.45, 2.75) is 51.2 Å². The summed E-state index contributed by atoms with van der Waals surface area (Å²) < 4.78 is 0. The lowest BCUT2D eigenvalue weighted by molar-refractivity contribution is -0.136. The van der Waals surface area contributed by atoms with Crippen molar-refractivity contribution in [1.29, 1.82) is 0 Å². The molecule has 4 rings (SSSR count). The molecule has 0 bridgehead atoms. The molecule has 2 aliphatic rings. The van der Waals surface area contributed by atoms with E-state index in [1.807, 2.05) is 49.1 Å². The molecule has 0 radical (unpaired) electrons. The van der Waals surface area contributed by atoms with Gasteiger partial charge in [-0.1, -0.05) is 42.5 Å². The van der Waals surface area contributed by atoms with Gasteiger partial charge >= 0.3 is 6.03 Å². The molecule has 0 saturated carbocycles. The molecule has 31 heavy (non-hydrogen) atoms. The van der Waals surface area contributed by atoms with Crippen LogP contribution in [0.4, 0.5) is 4.79 Å². The molecule has 2 heterocycles. The minimum atomic E-state index is -0.735. The smallest absolute Gasteiger partial charge is 0.327 e. The summed E-state index contributed by atoms with van der Waals surface area (Å²) in [6.07, 6.45) is 2.03. The number of carbonyl (C=O) groups is 2. The van der Waals surface area contributed by atoms with E-state index in [-0.39, 0.29) is 23.7 Å². The zero-order chi connectivity index (χ0) is 22.0. The molecular formula is C25H31N3O3. The number of amides is 3. The Kier molecular flexibility index (Phi) is 6.01. The fourth-order valence-corrected chi connectivity index (χ4v) is 4.81. The number of aromatic hydroxyl groups is 1. The number of phenolic OH excluding ortho intramolecular Hbond substituents is 1. The van der Waals surface area contributed by atoms with Crippen LogP contribution in [0, 0.1) is 0 Å². The predicted octanol–water partition coefficient (Wildman–Crippen LogP) is 3.64. The Morgan fingerprint density at radius 3 is 2.19 bits per heavy atom. The standard InChI is InChI=1S/C25H31N3O3/c1-19(2)28-23(30)25(27(24(28)31)15-12-20-6-4-3-5-7-20)13-16-26(17-14-25)18-21-8-10-22(29)11-9-21/h3-11,19,29H,12-18H2,1-2H3. The molecule has 164 valence electrons. The lowest BCUT2D eigenvalue weighted by Crippen LogP contribution is -2.56. The molecule has 2 aromatic carbocycles. The van der Waals surface area contributed by atoms with Gasteiger partial charge in [-0.05, 0) is 56.4 Å². The Morgan fingerprint density at radius 1 is 0.935 bits per heavy atom. The van der Waals surface area contributed by atoms with Gasteiger partial charge in [0.2, 0.25) is 0 Å². The largest absolute Gasteiger partial charge is 0.508 e. The highest BCUT2D eigenvalue weighted by molar-refractivity contribution is 6.07. The van der Waals surface area contributed by atoms with Crippen LogP contribution in [0.3, 0.4) is 0 Å². The van der Waals surface area contributed by atoms with Crippen molar-refractivity contribution in [3.63, 3.8) is 0 Å². The number of hydrogen-bond donors (Lipinski definition) is 1. The minimum absolute atomic E-state index is 0.0372. The third kappa shape index (κ3) is 4.17. The minimum Gasteiger partial charge on any atom is -0.508 e. The van der Waals surface area contributed by atoms with E-state index in [4.69, 9.17) is 0 Å². The molecule has 6 heteroatoms. The third-order valence-electron chi connectivity index (χ3n) is 6.58. The zero-order valence-corrected chi connectivity index (χ0v) is 18.3. The van der Waals surface area contributed by atoms with Gasteiger partial charge in [0.1, 0.15) is 11.3 Å². The van der Waals surface area contributed by atoms with Gasteiger partial charge in [0.05, 0.1) is 0 Å². The number of hydrogen-bond acceptors (Lipinski definition) is 4. The third-order valence-corrected chi connectivity index (χ3v) is 6.58. The molecule has 2 saturated heterocycles. The molecule has 0 atom stereocenters. The van der Waals surface area contributed by atoms with Crippen molar-refractivity contribution >= 4 is 11.9 Å². The lowest BCUT2D eigenvalue weighted by Gasteiger charge is -2.42. The van der Waals surface area contributed by atoms with Gasteiger partial charge < -0.3 is 10.0 Å². The van der Waals surface area contributed by atoms with E-state index in [1.54, 1.807) is 12.1 Å². The van der Waals surface area contributed by atoms with Crippen molar-refractivity contribution in [3.8, 4) is 5.75 Å². The summed E-state index contributed by atoms with van der Waals surface area (Å²) in [7, 11) is 0. The summed E-state index contributed by atoms with van der Waals surface area (Å²) >= 11 is 0. The maximum Gasteiger partial charge on any atom is 0.327 e. The van der Waals surface area contributed by atoms with Gasteiger partial charge in [-0.3, -0.25) is 14.6 Å². The van der Waals surface area contributed by atoms with Gasteiger partial charge in [0, 0.05) is 32.2 Å². The topological polar surface area (TPSA) is 64.1 Å². The number of imide groups is 1. The number of likely N-dealkylation sites (tertiary alicyclic amines) is 1. The maximum atomic E-state index is 13.5. The lowest BCUT2D eigenvalue weighted by atomic mass is 9.85. The first kappa shape index (κ1) is 21.4. The van der Waals surface area contributed by atoms with Crippen LogP contribution in [0.1, 0.15) is 37.8 Å². The Bertz CT molecular complexity index is 919. The first-order chi connectivity index (χ1) is 14.9. The second-order valence-corrected chi connectivity index (χ2v) is 8.91. The average molecular weight is 422 g/mol. The van der Waals surface area contributed by atoms with Crippen molar-refractivity contribution in [2.24, 2.45) is 0 Å². The van der Waals surface area contributed by atoms with Crippen molar-refractivity contribution in [2.75, 3.05) is 19.6 Å². The Morgan fingerprint density at radius 2 is 1.58 bits per heavy atom. The monoisotopic (exact) mass is 421 g/mol. The number of urea groups is 1. The second-order valence-electron chi connectivity index (χ2n) is 8.91. The molecule has 0 aliphatic carbocycles. The van der Waals surface area contributed by atoms with Crippen LogP contribution in [0.5, 0.6) is 5.75 Å². The highest BCUT2D eigenvalue weighted by atomic mass is 16.3. The number of piperidine rings is 1. The number of rotatable bonds is 6. The Hall–Kier alpha value is -2.86. The number of nitrogens with zero attached hydrogens (tertiary/aromatic N) is 3.